The van der Waals surface area contributed by atoms with Crippen molar-refractivity contribution in [3.8, 4) is 0 Å². The quantitative estimate of drug-likeness (QED) is 0.798. The van der Waals surface area contributed by atoms with E-state index in [0.717, 1.165) is 5.56 Å². The van der Waals surface area contributed by atoms with E-state index >= 15 is 0 Å². The van der Waals surface area contributed by atoms with Crippen LogP contribution in [0.15, 0.2) is 33.6 Å². The van der Waals surface area contributed by atoms with Gasteiger partial charge >= 0.3 is 0 Å². The highest BCUT2D eigenvalue weighted by Crippen LogP contribution is 2.17. The summed E-state index contributed by atoms with van der Waals surface area (Å²) in [5.74, 6) is 0.108. The Morgan fingerprint density at radius 2 is 2.04 bits per heavy atom. The lowest BCUT2D eigenvalue weighted by atomic mass is 10.2. The minimum Gasteiger partial charge on any atom is -0.335 e. The molecular weight excluding hydrogens is 308 g/mol. The molecule has 2 aromatic heterocycles. The maximum atomic E-state index is 12.7. The van der Waals surface area contributed by atoms with E-state index in [1.807, 2.05) is 25.1 Å². The summed E-state index contributed by atoms with van der Waals surface area (Å²) >= 11 is 0. The van der Waals surface area contributed by atoms with Crippen molar-refractivity contribution in [3.63, 3.8) is 0 Å². The molecular formula is C17H18N4O3. The molecule has 0 aliphatic carbocycles. The zero-order chi connectivity index (χ0) is 17.4. The number of benzene rings is 1. The summed E-state index contributed by atoms with van der Waals surface area (Å²) < 4.78 is 6.40. The molecule has 1 amide bonds. The molecule has 124 valence electrons. The van der Waals surface area contributed by atoms with Gasteiger partial charge in [0.1, 0.15) is 17.3 Å². The number of rotatable bonds is 3. The summed E-state index contributed by atoms with van der Waals surface area (Å²) in [5.41, 5.74) is 2.05. The Morgan fingerprint density at radius 3 is 2.75 bits per heavy atom. The van der Waals surface area contributed by atoms with Gasteiger partial charge in [-0.2, -0.15) is 4.98 Å². The van der Waals surface area contributed by atoms with Gasteiger partial charge in [0.2, 0.25) is 5.91 Å². The summed E-state index contributed by atoms with van der Waals surface area (Å²) in [7, 11) is 0. The monoisotopic (exact) mass is 326 g/mol. The number of anilines is 1. The Balaban J connectivity index is 1.99. The fourth-order valence-electron chi connectivity index (χ4n) is 2.69. The molecule has 0 bridgehead atoms. The van der Waals surface area contributed by atoms with Crippen LogP contribution in [-0.4, -0.2) is 20.6 Å². The van der Waals surface area contributed by atoms with Gasteiger partial charge in [0, 0.05) is 5.69 Å². The van der Waals surface area contributed by atoms with E-state index in [2.05, 4.69) is 15.5 Å². The van der Waals surface area contributed by atoms with Crippen LogP contribution in [0.25, 0.3) is 11.1 Å². The number of carbonyl (C=O) groups excluding carboxylic acids is 1. The third-order valence-corrected chi connectivity index (χ3v) is 3.94. The summed E-state index contributed by atoms with van der Waals surface area (Å²) in [4.78, 5) is 29.5. The van der Waals surface area contributed by atoms with Gasteiger partial charge in [-0.3, -0.25) is 14.2 Å². The van der Waals surface area contributed by atoms with Gasteiger partial charge in [-0.15, -0.1) is 0 Å². The molecule has 3 rings (SSSR count). The van der Waals surface area contributed by atoms with Gasteiger partial charge < -0.3 is 9.84 Å². The third kappa shape index (κ3) is 2.68. The number of aryl methyl sites for hydroxylation is 3. The van der Waals surface area contributed by atoms with Gasteiger partial charge in [-0.05, 0) is 45.4 Å². The minimum atomic E-state index is -0.718. The van der Waals surface area contributed by atoms with E-state index in [1.165, 1.54) is 4.57 Å². The molecule has 0 radical (unpaired) electrons. The zero-order valence-corrected chi connectivity index (χ0v) is 14.0. The Hall–Kier alpha value is -2.96. The van der Waals surface area contributed by atoms with Gasteiger partial charge in [0.15, 0.2) is 0 Å². The number of nitrogens with one attached hydrogen (secondary N) is 1. The van der Waals surface area contributed by atoms with Crippen molar-refractivity contribution >= 4 is 22.7 Å². The fourth-order valence-corrected chi connectivity index (χ4v) is 2.69. The molecule has 0 saturated heterocycles. The average Bonchev–Trinajstić information content (AvgIpc) is 2.88. The van der Waals surface area contributed by atoms with Crippen LogP contribution >= 0.6 is 0 Å². The van der Waals surface area contributed by atoms with Crippen LogP contribution in [0.2, 0.25) is 0 Å². The normalized spacial score (nSPS) is 12.3. The molecule has 7 heteroatoms. The van der Waals surface area contributed by atoms with Crippen molar-refractivity contribution in [3.05, 3.63) is 51.7 Å². The van der Waals surface area contributed by atoms with Gasteiger partial charge in [0.05, 0.1) is 5.69 Å². The molecule has 0 aliphatic rings. The molecule has 1 aromatic carbocycles. The second kappa shape index (κ2) is 5.92. The maximum Gasteiger partial charge on any atom is 0.267 e. The van der Waals surface area contributed by atoms with Crippen LogP contribution < -0.4 is 10.9 Å². The smallest absolute Gasteiger partial charge is 0.267 e. The van der Waals surface area contributed by atoms with Crippen molar-refractivity contribution in [1.82, 2.24) is 14.7 Å². The average molecular weight is 326 g/mol. The molecule has 0 saturated carbocycles. The Labute approximate surface area is 138 Å². The first kappa shape index (κ1) is 15.9. The van der Waals surface area contributed by atoms with Gasteiger partial charge in [-0.1, -0.05) is 17.3 Å². The molecule has 0 unspecified atom stereocenters. The second-order valence-corrected chi connectivity index (χ2v) is 5.82. The van der Waals surface area contributed by atoms with Gasteiger partial charge in [-0.25, -0.2) is 0 Å². The van der Waals surface area contributed by atoms with Crippen LogP contribution in [0.3, 0.4) is 0 Å². The summed E-state index contributed by atoms with van der Waals surface area (Å²) in [6.45, 7) is 6.94. The lowest BCUT2D eigenvalue weighted by Crippen LogP contribution is -2.33. The number of nitrogens with zero attached hydrogens (tertiary/aromatic N) is 3. The lowest BCUT2D eigenvalue weighted by molar-refractivity contribution is -0.118. The predicted molar refractivity (Wildman–Crippen MR) is 90.1 cm³/mol. The lowest BCUT2D eigenvalue weighted by Gasteiger charge is -2.17. The first-order valence-corrected chi connectivity index (χ1v) is 7.61. The molecule has 0 aliphatic heterocycles. The van der Waals surface area contributed by atoms with Crippen LogP contribution in [0, 0.1) is 20.8 Å². The predicted octanol–water partition coefficient (Wildman–Crippen LogP) is 2.51. The molecule has 0 spiro atoms. The van der Waals surface area contributed by atoms with Crippen molar-refractivity contribution in [2.75, 3.05) is 5.32 Å². The number of amides is 1. The van der Waals surface area contributed by atoms with E-state index in [4.69, 9.17) is 4.52 Å². The molecule has 1 N–H and O–H groups in total. The Kier molecular flexibility index (Phi) is 3.92. The number of carbonyl (C=O) groups is 1. The highest BCUT2D eigenvalue weighted by molar-refractivity contribution is 5.93. The number of hydrogen-bond acceptors (Lipinski definition) is 5. The number of fused-ring (bicyclic) bond motifs is 1. The zero-order valence-electron chi connectivity index (χ0n) is 14.0. The van der Waals surface area contributed by atoms with E-state index < -0.39 is 6.04 Å². The SMILES string of the molecule is Cc1cccc(NC(=O)[C@@H](C)n2c(C)nc3onc(C)c3c2=O)c1. The highest BCUT2D eigenvalue weighted by atomic mass is 16.5. The third-order valence-electron chi connectivity index (χ3n) is 3.94. The summed E-state index contributed by atoms with van der Waals surface area (Å²) in [6.07, 6.45) is 0. The fraction of sp³-hybridized carbons (Fsp3) is 0.294. The van der Waals surface area contributed by atoms with E-state index in [0.29, 0.717) is 22.6 Å². The maximum absolute atomic E-state index is 12.7. The van der Waals surface area contributed by atoms with Crippen molar-refractivity contribution < 1.29 is 9.32 Å². The summed E-state index contributed by atoms with van der Waals surface area (Å²) in [5, 5.41) is 6.90. The first-order chi connectivity index (χ1) is 11.4. The van der Waals surface area contributed by atoms with Crippen molar-refractivity contribution in [2.45, 2.75) is 33.7 Å². The highest BCUT2D eigenvalue weighted by Gasteiger charge is 2.22. The second-order valence-electron chi connectivity index (χ2n) is 5.82. The Morgan fingerprint density at radius 1 is 1.29 bits per heavy atom. The minimum absolute atomic E-state index is 0.192. The van der Waals surface area contributed by atoms with E-state index in [9.17, 15) is 9.59 Å². The van der Waals surface area contributed by atoms with Crippen LogP contribution in [0.5, 0.6) is 0 Å². The van der Waals surface area contributed by atoms with E-state index in [1.54, 1.807) is 26.8 Å². The largest absolute Gasteiger partial charge is 0.335 e. The number of hydrogen-bond donors (Lipinski definition) is 1. The first-order valence-electron chi connectivity index (χ1n) is 7.61. The molecule has 7 nitrogen and oxygen atoms in total. The van der Waals surface area contributed by atoms with Crippen LogP contribution in [-0.2, 0) is 4.79 Å². The van der Waals surface area contributed by atoms with Crippen molar-refractivity contribution in [1.29, 1.82) is 0 Å². The molecule has 0 fully saturated rings. The van der Waals surface area contributed by atoms with Crippen LogP contribution in [0.4, 0.5) is 5.69 Å². The van der Waals surface area contributed by atoms with Crippen molar-refractivity contribution in [2.24, 2.45) is 0 Å². The van der Waals surface area contributed by atoms with Crippen LogP contribution in [0.1, 0.15) is 30.0 Å². The van der Waals surface area contributed by atoms with Gasteiger partial charge in [0.25, 0.3) is 11.3 Å². The van der Waals surface area contributed by atoms with E-state index in [-0.39, 0.29) is 17.2 Å². The number of aromatic nitrogens is 3. The molecule has 24 heavy (non-hydrogen) atoms. The topological polar surface area (TPSA) is 90.0 Å². The molecule has 3 aromatic rings. The standard InChI is InChI=1S/C17H18N4O3/c1-9-6-5-7-13(8-9)19-15(22)11(3)21-12(4)18-16-14(17(21)23)10(2)20-24-16/h5-8,11H,1-4H3,(H,19,22)/t11-/m1/s1. The molecule has 2 heterocycles. The molecule has 1 atom stereocenters. The summed E-state index contributed by atoms with van der Waals surface area (Å²) in [6, 6.07) is 6.76. The Bertz CT molecular complexity index is 987.